The Hall–Kier alpha value is -4.46. The molecule has 8 nitrogen and oxygen atoms in total. The summed E-state index contributed by atoms with van der Waals surface area (Å²) in [5.41, 5.74) is 1.08. The third kappa shape index (κ3) is 4.20. The Labute approximate surface area is 182 Å². The molecule has 0 aromatic heterocycles. The number of hydrogen-bond donors (Lipinski definition) is 0. The number of fused-ring (bicyclic) bond motifs is 1. The van der Waals surface area contributed by atoms with Gasteiger partial charge in [-0.3, -0.25) is 14.9 Å². The van der Waals surface area contributed by atoms with Crippen LogP contribution in [0.2, 0.25) is 0 Å². The Morgan fingerprint density at radius 2 is 1.84 bits per heavy atom. The lowest BCUT2D eigenvalue weighted by atomic mass is 10.1. The number of hydrogen-bond acceptors (Lipinski definition) is 7. The third-order valence-corrected chi connectivity index (χ3v) is 4.67. The van der Waals surface area contributed by atoms with Gasteiger partial charge in [0.2, 0.25) is 5.78 Å². The lowest BCUT2D eigenvalue weighted by molar-refractivity contribution is -0.384. The summed E-state index contributed by atoms with van der Waals surface area (Å²) in [6.45, 7) is 2.36. The topological polar surface area (TPSA) is 105 Å². The Balaban J connectivity index is 1.53. The first-order valence-corrected chi connectivity index (χ1v) is 9.73. The highest BCUT2D eigenvalue weighted by Crippen LogP contribution is 2.36. The number of carbonyl (C=O) groups excluding carboxylic acids is 2. The van der Waals surface area contributed by atoms with Crippen LogP contribution in [0.15, 0.2) is 72.5 Å². The monoisotopic (exact) mass is 431 g/mol. The van der Waals surface area contributed by atoms with E-state index in [-0.39, 0.29) is 34.3 Å². The lowest BCUT2D eigenvalue weighted by Crippen LogP contribution is -2.08. The molecule has 0 fully saturated rings. The molecule has 0 unspecified atom stereocenters. The number of nitro groups is 1. The number of Topliss-reactive ketones (excluding diaryl/α,β-unsaturated/α-hetero) is 1. The molecule has 3 aromatic carbocycles. The Morgan fingerprint density at radius 1 is 1.09 bits per heavy atom. The maximum absolute atomic E-state index is 12.7. The number of non-ortho nitro benzene ring substituents is 1. The van der Waals surface area contributed by atoms with Crippen molar-refractivity contribution in [1.82, 2.24) is 0 Å². The van der Waals surface area contributed by atoms with Gasteiger partial charge in [-0.05, 0) is 43.3 Å². The van der Waals surface area contributed by atoms with Gasteiger partial charge < -0.3 is 14.2 Å². The molecule has 8 heteroatoms. The van der Waals surface area contributed by atoms with Crippen LogP contribution in [0.4, 0.5) is 5.69 Å². The van der Waals surface area contributed by atoms with Gasteiger partial charge in [-0.15, -0.1) is 0 Å². The molecule has 0 bridgehead atoms. The molecule has 0 aliphatic carbocycles. The van der Waals surface area contributed by atoms with Crippen LogP contribution in [-0.2, 0) is 0 Å². The number of esters is 1. The second-order valence-corrected chi connectivity index (χ2v) is 6.76. The zero-order valence-corrected chi connectivity index (χ0v) is 16.9. The SMILES string of the molecule is CCOc1ccccc1C=C1Oc2cc(OC(=O)c3ccc([N+](=O)[O-])cc3)ccc2C1=O. The Morgan fingerprint density at radius 3 is 2.56 bits per heavy atom. The molecule has 160 valence electrons. The van der Waals surface area contributed by atoms with Gasteiger partial charge in [-0.2, -0.15) is 0 Å². The predicted octanol–water partition coefficient (Wildman–Crippen LogP) is 4.83. The zero-order valence-electron chi connectivity index (χ0n) is 16.9. The van der Waals surface area contributed by atoms with E-state index in [2.05, 4.69) is 0 Å². The predicted molar refractivity (Wildman–Crippen MR) is 115 cm³/mol. The van der Waals surface area contributed by atoms with Crippen LogP contribution < -0.4 is 14.2 Å². The van der Waals surface area contributed by atoms with Gasteiger partial charge >= 0.3 is 5.97 Å². The van der Waals surface area contributed by atoms with Crippen molar-refractivity contribution in [3.63, 3.8) is 0 Å². The highest BCUT2D eigenvalue weighted by Gasteiger charge is 2.28. The third-order valence-electron chi connectivity index (χ3n) is 4.67. The molecule has 0 spiro atoms. The number of ether oxygens (including phenoxy) is 3. The molecule has 3 aromatic rings. The number of nitrogens with zero attached hydrogens (tertiary/aromatic N) is 1. The van der Waals surface area contributed by atoms with Crippen LogP contribution >= 0.6 is 0 Å². The normalized spacial score (nSPS) is 13.4. The van der Waals surface area contributed by atoms with E-state index in [1.807, 2.05) is 25.1 Å². The summed E-state index contributed by atoms with van der Waals surface area (Å²) < 4.78 is 16.6. The number of ketones is 1. The molecule has 0 N–H and O–H groups in total. The largest absolute Gasteiger partial charge is 0.493 e. The van der Waals surface area contributed by atoms with Crippen molar-refractivity contribution in [1.29, 1.82) is 0 Å². The minimum Gasteiger partial charge on any atom is -0.493 e. The summed E-state index contributed by atoms with van der Waals surface area (Å²) in [6.07, 6.45) is 1.61. The first-order chi connectivity index (χ1) is 15.5. The maximum atomic E-state index is 12.7. The van der Waals surface area contributed by atoms with Crippen LogP contribution in [0.1, 0.15) is 33.2 Å². The molecular weight excluding hydrogens is 414 g/mol. The van der Waals surface area contributed by atoms with Crippen LogP contribution in [0.3, 0.4) is 0 Å². The molecule has 32 heavy (non-hydrogen) atoms. The van der Waals surface area contributed by atoms with Gasteiger partial charge in [-0.1, -0.05) is 18.2 Å². The van der Waals surface area contributed by atoms with Crippen LogP contribution in [0, 0.1) is 10.1 Å². The molecular formula is C24H17NO7. The standard InChI is InChI=1S/C24H17NO7/c1-2-30-20-6-4-3-5-16(20)13-22-23(26)19-12-11-18(14-21(19)32-22)31-24(27)15-7-9-17(10-8-15)25(28)29/h3-14H,2H2,1H3. The quantitative estimate of drug-likeness (QED) is 0.181. The highest BCUT2D eigenvalue weighted by atomic mass is 16.6. The zero-order chi connectivity index (χ0) is 22.7. The minimum atomic E-state index is -0.689. The maximum Gasteiger partial charge on any atom is 0.343 e. The first-order valence-electron chi connectivity index (χ1n) is 9.73. The van der Waals surface area contributed by atoms with Gasteiger partial charge in [0, 0.05) is 23.8 Å². The highest BCUT2D eigenvalue weighted by molar-refractivity contribution is 6.14. The second kappa shape index (κ2) is 8.73. The fraction of sp³-hybridized carbons (Fsp3) is 0.0833. The summed E-state index contributed by atoms with van der Waals surface area (Å²) in [6, 6.07) is 16.8. The summed E-state index contributed by atoms with van der Waals surface area (Å²) in [5.74, 6) is 0.226. The van der Waals surface area contributed by atoms with E-state index in [1.165, 1.54) is 42.5 Å². The molecule has 0 saturated carbocycles. The molecule has 1 aliphatic rings. The van der Waals surface area contributed by atoms with Crippen molar-refractivity contribution in [3.8, 4) is 17.2 Å². The number of carbonyl (C=O) groups is 2. The van der Waals surface area contributed by atoms with E-state index in [1.54, 1.807) is 12.1 Å². The van der Waals surface area contributed by atoms with Crippen molar-refractivity contribution in [2.24, 2.45) is 0 Å². The van der Waals surface area contributed by atoms with Gasteiger partial charge in [0.1, 0.15) is 17.2 Å². The van der Waals surface area contributed by atoms with Crippen LogP contribution in [-0.4, -0.2) is 23.3 Å². The number of rotatable bonds is 6. The number of allylic oxidation sites excluding steroid dienone is 1. The van der Waals surface area contributed by atoms with Crippen molar-refractivity contribution >= 4 is 23.5 Å². The van der Waals surface area contributed by atoms with Gasteiger partial charge in [-0.25, -0.2) is 4.79 Å². The fourth-order valence-electron chi connectivity index (χ4n) is 3.14. The van der Waals surface area contributed by atoms with E-state index in [0.29, 0.717) is 23.5 Å². The summed E-state index contributed by atoms with van der Waals surface area (Å²) in [5, 5.41) is 10.7. The average Bonchev–Trinajstić information content (AvgIpc) is 3.10. The van der Waals surface area contributed by atoms with Crippen molar-refractivity contribution in [2.75, 3.05) is 6.61 Å². The Bertz CT molecular complexity index is 1250. The molecule has 0 saturated heterocycles. The Kier molecular flexibility index (Phi) is 5.67. The molecule has 0 radical (unpaired) electrons. The van der Waals surface area contributed by atoms with Crippen molar-refractivity contribution in [2.45, 2.75) is 6.92 Å². The van der Waals surface area contributed by atoms with Gasteiger partial charge in [0.25, 0.3) is 5.69 Å². The molecule has 4 rings (SSSR count). The summed E-state index contributed by atoms with van der Waals surface area (Å²) in [7, 11) is 0. The number of benzene rings is 3. The molecule has 1 aliphatic heterocycles. The van der Waals surface area contributed by atoms with Gasteiger partial charge in [0.05, 0.1) is 22.7 Å². The van der Waals surface area contributed by atoms with Crippen LogP contribution in [0.25, 0.3) is 6.08 Å². The van der Waals surface area contributed by atoms with E-state index < -0.39 is 10.9 Å². The smallest absolute Gasteiger partial charge is 0.343 e. The first kappa shape index (κ1) is 20.8. The average molecular weight is 431 g/mol. The van der Waals surface area contributed by atoms with Crippen LogP contribution in [0.5, 0.6) is 17.2 Å². The van der Waals surface area contributed by atoms with Crippen molar-refractivity contribution < 1.29 is 28.7 Å². The molecule has 0 amide bonds. The van der Waals surface area contributed by atoms with Crippen molar-refractivity contribution in [3.05, 3.63) is 99.3 Å². The summed E-state index contributed by atoms with van der Waals surface area (Å²) >= 11 is 0. The molecule has 0 atom stereocenters. The summed E-state index contributed by atoms with van der Waals surface area (Å²) in [4.78, 5) is 35.2. The number of para-hydroxylation sites is 1. The fourth-order valence-corrected chi connectivity index (χ4v) is 3.14. The lowest BCUT2D eigenvalue weighted by Gasteiger charge is -2.07. The van der Waals surface area contributed by atoms with E-state index >= 15 is 0 Å². The van der Waals surface area contributed by atoms with E-state index in [4.69, 9.17) is 14.2 Å². The number of nitro benzene ring substituents is 1. The minimum absolute atomic E-state index is 0.128. The molecule has 1 heterocycles. The van der Waals surface area contributed by atoms with E-state index in [0.717, 1.165) is 0 Å². The van der Waals surface area contributed by atoms with Gasteiger partial charge in [0.15, 0.2) is 5.76 Å². The van der Waals surface area contributed by atoms with E-state index in [9.17, 15) is 19.7 Å². The second-order valence-electron chi connectivity index (χ2n) is 6.76.